The van der Waals surface area contributed by atoms with E-state index in [0.717, 1.165) is 5.56 Å². The average Bonchev–Trinajstić information content (AvgIpc) is 2.66. The number of halogens is 3. The normalized spacial score (nSPS) is 11.1. The van der Waals surface area contributed by atoms with Crippen LogP contribution in [0.4, 0.5) is 8.78 Å². The van der Waals surface area contributed by atoms with E-state index in [1.165, 1.54) is 28.9 Å². The Balaban J connectivity index is 1.97. The second kappa shape index (κ2) is 7.13. The van der Waals surface area contributed by atoms with Crippen molar-refractivity contribution in [3.8, 4) is 11.3 Å². The van der Waals surface area contributed by atoms with Crippen molar-refractivity contribution in [2.24, 2.45) is 0 Å². The Morgan fingerprint density at radius 3 is 2.46 bits per heavy atom. The molecule has 140 valence electrons. The Bertz CT molecular complexity index is 1250. The van der Waals surface area contributed by atoms with Crippen LogP contribution in [0.5, 0.6) is 0 Å². The third-order valence-electron chi connectivity index (χ3n) is 4.41. The number of benzene rings is 2. The van der Waals surface area contributed by atoms with Crippen LogP contribution in [-0.2, 0) is 6.54 Å². The Hall–Kier alpha value is -3.12. The number of pyridine rings is 1. The summed E-state index contributed by atoms with van der Waals surface area (Å²) in [6.07, 6.45) is 0. The molecule has 0 saturated heterocycles. The molecule has 0 radical (unpaired) electrons. The van der Waals surface area contributed by atoms with Crippen LogP contribution in [0.2, 0.25) is 5.02 Å². The second-order valence-electron chi connectivity index (χ2n) is 6.42. The third kappa shape index (κ3) is 3.39. The first-order chi connectivity index (χ1) is 13.4. The fourth-order valence-electron chi connectivity index (χ4n) is 3.03. The van der Waals surface area contributed by atoms with Crippen LogP contribution in [0.25, 0.3) is 22.0 Å². The maximum atomic E-state index is 14.5. The van der Waals surface area contributed by atoms with Gasteiger partial charge in [0.2, 0.25) is 5.95 Å². The van der Waals surface area contributed by atoms with Gasteiger partial charge in [-0.05, 0) is 55.0 Å². The van der Waals surface area contributed by atoms with Gasteiger partial charge < -0.3 is 0 Å². The zero-order valence-electron chi connectivity index (χ0n) is 14.8. The summed E-state index contributed by atoms with van der Waals surface area (Å²) in [4.78, 5) is 16.7. The smallest absolute Gasteiger partial charge is 0.267 e. The van der Waals surface area contributed by atoms with E-state index < -0.39 is 17.3 Å². The molecule has 4 nitrogen and oxygen atoms in total. The molecule has 7 heteroatoms. The minimum Gasteiger partial charge on any atom is -0.267 e. The molecule has 4 aromatic rings. The zero-order valence-corrected chi connectivity index (χ0v) is 15.5. The van der Waals surface area contributed by atoms with Gasteiger partial charge in [0.15, 0.2) is 0 Å². The van der Waals surface area contributed by atoms with E-state index >= 15 is 0 Å². The van der Waals surface area contributed by atoms with Gasteiger partial charge in [0.1, 0.15) is 11.5 Å². The highest BCUT2D eigenvalue weighted by Gasteiger charge is 2.17. The molecular weight excluding hydrogens is 384 g/mol. The highest BCUT2D eigenvalue weighted by atomic mass is 35.5. The highest BCUT2D eigenvalue weighted by Crippen LogP contribution is 2.27. The van der Waals surface area contributed by atoms with Crippen molar-refractivity contribution in [3.05, 3.63) is 93.0 Å². The van der Waals surface area contributed by atoms with E-state index in [1.807, 2.05) is 0 Å². The first kappa shape index (κ1) is 18.3. The number of hydrogen-bond donors (Lipinski definition) is 0. The van der Waals surface area contributed by atoms with Crippen LogP contribution >= 0.6 is 11.6 Å². The van der Waals surface area contributed by atoms with Gasteiger partial charge in [0, 0.05) is 16.1 Å². The van der Waals surface area contributed by atoms with Gasteiger partial charge in [-0.1, -0.05) is 23.7 Å². The number of aromatic nitrogens is 3. The van der Waals surface area contributed by atoms with Crippen molar-refractivity contribution in [1.29, 1.82) is 0 Å². The molecule has 0 unspecified atom stereocenters. The van der Waals surface area contributed by atoms with Crippen LogP contribution in [-0.4, -0.2) is 14.8 Å². The van der Waals surface area contributed by atoms with Crippen LogP contribution in [0, 0.1) is 18.7 Å². The molecule has 0 atom stereocenters. The molecule has 0 N–H and O–H groups in total. The van der Waals surface area contributed by atoms with Crippen molar-refractivity contribution < 1.29 is 8.78 Å². The topological polar surface area (TPSA) is 47.8 Å². The lowest BCUT2D eigenvalue weighted by Gasteiger charge is -2.12. The number of hydrogen-bond acceptors (Lipinski definition) is 3. The zero-order chi connectivity index (χ0) is 19.8. The molecular formula is C21H14ClF2N3O. The predicted octanol–water partition coefficient (Wildman–Crippen LogP) is 4.75. The molecule has 0 bridgehead atoms. The van der Waals surface area contributed by atoms with Crippen molar-refractivity contribution in [2.45, 2.75) is 13.5 Å². The largest absolute Gasteiger partial charge is 0.274 e. The fourth-order valence-corrected chi connectivity index (χ4v) is 3.15. The SMILES string of the molecule is Cc1ccc(-c2nn(Cc3ccc(Cl)cc3)c(=O)c3ccc(F)cc23)c(F)n1. The molecule has 0 spiro atoms. The van der Waals surface area contributed by atoms with E-state index in [0.29, 0.717) is 10.7 Å². The monoisotopic (exact) mass is 397 g/mol. The van der Waals surface area contributed by atoms with E-state index in [9.17, 15) is 13.6 Å². The molecule has 0 aliphatic rings. The number of nitrogens with zero attached hydrogens (tertiary/aromatic N) is 3. The van der Waals surface area contributed by atoms with E-state index in [1.54, 1.807) is 37.3 Å². The Morgan fingerprint density at radius 1 is 1.00 bits per heavy atom. The standard InChI is InChI=1S/C21H14ClF2N3O/c1-12-2-8-17(20(24)25-12)19-18-10-15(23)7-9-16(18)21(28)27(26-19)11-13-3-5-14(22)6-4-13/h2-10H,11H2,1H3. The lowest BCUT2D eigenvalue weighted by Crippen LogP contribution is -2.24. The van der Waals surface area contributed by atoms with Crippen LogP contribution < -0.4 is 5.56 Å². The number of rotatable bonds is 3. The van der Waals surface area contributed by atoms with E-state index in [-0.39, 0.29) is 28.6 Å². The first-order valence-corrected chi connectivity index (χ1v) is 8.88. The lowest BCUT2D eigenvalue weighted by molar-refractivity contribution is 0.580. The summed E-state index contributed by atoms with van der Waals surface area (Å²) in [7, 11) is 0. The Labute approximate surface area is 164 Å². The van der Waals surface area contributed by atoms with Crippen molar-refractivity contribution in [1.82, 2.24) is 14.8 Å². The molecule has 0 aliphatic heterocycles. The minimum absolute atomic E-state index is 0.103. The highest BCUT2D eigenvalue weighted by molar-refractivity contribution is 6.30. The van der Waals surface area contributed by atoms with Crippen LogP contribution in [0.1, 0.15) is 11.3 Å². The Kier molecular flexibility index (Phi) is 4.65. The first-order valence-electron chi connectivity index (χ1n) is 8.51. The molecule has 0 saturated carbocycles. The summed E-state index contributed by atoms with van der Waals surface area (Å²) < 4.78 is 29.6. The molecule has 2 heterocycles. The van der Waals surface area contributed by atoms with Gasteiger partial charge in [0.25, 0.3) is 5.56 Å². The fraction of sp³-hybridized carbons (Fsp3) is 0.0952. The summed E-state index contributed by atoms with van der Waals surface area (Å²) in [5.41, 5.74) is 1.17. The molecule has 28 heavy (non-hydrogen) atoms. The third-order valence-corrected chi connectivity index (χ3v) is 4.66. The summed E-state index contributed by atoms with van der Waals surface area (Å²) in [5, 5.41) is 5.41. The lowest BCUT2D eigenvalue weighted by atomic mass is 10.1. The maximum absolute atomic E-state index is 14.5. The maximum Gasteiger partial charge on any atom is 0.274 e. The van der Waals surface area contributed by atoms with Gasteiger partial charge in [-0.3, -0.25) is 4.79 Å². The molecule has 0 fully saturated rings. The summed E-state index contributed by atoms with van der Waals surface area (Å²) in [6, 6.07) is 13.9. The average molecular weight is 398 g/mol. The summed E-state index contributed by atoms with van der Waals surface area (Å²) in [6.45, 7) is 1.83. The van der Waals surface area contributed by atoms with Crippen molar-refractivity contribution in [3.63, 3.8) is 0 Å². The molecule has 0 aliphatic carbocycles. The molecule has 4 rings (SSSR count). The van der Waals surface area contributed by atoms with Gasteiger partial charge >= 0.3 is 0 Å². The van der Waals surface area contributed by atoms with E-state index in [2.05, 4.69) is 10.1 Å². The van der Waals surface area contributed by atoms with Crippen molar-refractivity contribution in [2.75, 3.05) is 0 Å². The Morgan fingerprint density at radius 2 is 1.75 bits per heavy atom. The quantitative estimate of drug-likeness (QED) is 0.469. The van der Waals surface area contributed by atoms with Crippen molar-refractivity contribution >= 4 is 22.4 Å². The van der Waals surface area contributed by atoms with E-state index in [4.69, 9.17) is 11.6 Å². The molecule has 0 amide bonds. The van der Waals surface area contributed by atoms with Crippen LogP contribution in [0.3, 0.4) is 0 Å². The van der Waals surface area contributed by atoms with Gasteiger partial charge in [-0.15, -0.1) is 0 Å². The number of fused-ring (bicyclic) bond motifs is 1. The number of aryl methyl sites for hydroxylation is 1. The van der Waals surface area contributed by atoms with Gasteiger partial charge in [-0.25, -0.2) is 14.1 Å². The van der Waals surface area contributed by atoms with Gasteiger partial charge in [0.05, 0.1) is 17.5 Å². The summed E-state index contributed by atoms with van der Waals surface area (Å²) in [5.74, 6) is -1.26. The van der Waals surface area contributed by atoms with Crippen LogP contribution in [0.15, 0.2) is 59.4 Å². The molecule has 2 aromatic carbocycles. The second-order valence-corrected chi connectivity index (χ2v) is 6.86. The minimum atomic E-state index is -0.727. The predicted molar refractivity (Wildman–Crippen MR) is 104 cm³/mol. The summed E-state index contributed by atoms with van der Waals surface area (Å²) >= 11 is 5.91. The molecule has 2 aromatic heterocycles. The van der Waals surface area contributed by atoms with Gasteiger partial charge in [-0.2, -0.15) is 9.49 Å².